The third-order valence-electron chi connectivity index (χ3n) is 5.50. The molecule has 0 radical (unpaired) electrons. The number of ketones is 1. The first-order valence-corrected chi connectivity index (χ1v) is 13.8. The number of imide groups is 1. The lowest BCUT2D eigenvalue weighted by Crippen LogP contribution is -2.33. The standard InChI is InChI=1S/C27H20ClIN2O7S/c1-2-37-23-12-17(11-21(29)25(23)38-15-16-3-9-20(10-4-16)31(35)36)13-24-26(33)30(27(34)39-24)14-22(32)18-5-7-19(28)8-6-18/h3-13H,2,14-15H2,1H3/b24-13+. The molecule has 1 aliphatic heterocycles. The van der Waals surface area contributed by atoms with E-state index in [1.807, 2.05) is 6.92 Å². The Hall–Kier alpha value is -3.42. The van der Waals surface area contributed by atoms with Gasteiger partial charge < -0.3 is 9.47 Å². The lowest BCUT2D eigenvalue weighted by molar-refractivity contribution is -0.384. The van der Waals surface area contributed by atoms with E-state index in [-0.39, 0.29) is 29.5 Å². The molecule has 0 atom stereocenters. The van der Waals surface area contributed by atoms with Crippen molar-refractivity contribution in [3.63, 3.8) is 0 Å². The molecule has 0 unspecified atom stereocenters. The van der Waals surface area contributed by atoms with Gasteiger partial charge in [-0.2, -0.15) is 0 Å². The smallest absolute Gasteiger partial charge is 0.293 e. The van der Waals surface area contributed by atoms with E-state index in [0.29, 0.717) is 37.8 Å². The SMILES string of the molecule is CCOc1cc(/C=C2/SC(=O)N(CC(=O)c3ccc(Cl)cc3)C2=O)cc(I)c1OCc1ccc([N+](=O)[O-])cc1. The molecule has 1 fully saturated rings. The molecular formula is C27H20ClIN2O7S. The predicted molar refractivity (Wildman–Crippen MR) is 156 cm³/mol. The van der Waals surface area contributed by atoms with Crippen molar-refractivity contribution >= 4 is 74.6 Å². The highest BCUT2D eigenvalue weighted by atomic mass is 127. The number of amides is 2. The zero-order chi connectivity index (χ0) is 28.1. The molecule has 0 aromatic heterocycles. The van der Waals surface area contributed by atoms with E-state index in [4.69, 9.17) is 21.1 Å². The molecule has 2 amide bonds. The number of carbonyl (C=O) groups is 3. The predicted octanol–water partition coefficient (Wildman–Crippen LogP) is 6.75. The van der Waals surface area contributed by atoms with Crippen LogP contribution in [0.4, 0.5) is 10.5 Å². The van der Waals surface area contributed by atoms with Crippen LogP contribution in [0.5, 0.6) is 11.5 Å². The quantitative estimate of drug-likeness (QED) is 0.0761. The molecule has 0 saturated carbocycles. The average Bonchev–Trinajstić information content (AvgIpc) is 3.16. The second-order valence-electron chi connectivity index (χ2n) is 8.17. The van der Waals surface area contributed by atoms with E-state index in [1.165, 1.54) is 12.1 Å². The van der Waals surface area contributed by atoms with Crippen molar-refractivity contribution in [3.8, 4) is 11.5 Å². The summed E-state index contributed by atoms with van der Waals surface area (Å²) in [6, 6.07) is 15.8. The molecule has 4 rings (SSSR count). The third-order valence-corrected chi connectivity index (χ3v) is 7.46. The van der Waals surface area contributed by atoms with E-state index in [1.54, 1.807) is 54.6 Å². The maximum absolute atomic E-state index is 13.0. The van der Waals surface area contributed by atoms with Crippen LogP contribution < -0.4 is 9.47 Å². The Labute approximate surface area is 246 Å². The fraction of sp³-hybridized carbons (Fsp3) is 0.148. The maximum Gasteiger partial charge on any atom is 0.293 e. The number of nitro groups is 1. The summed E-state index contributed by atoms with van der Waals surface area (Å²) < 4.78 is 12.4. The first-order chi connectivity index (χ1) is 18.7. The molecule has 9 nitrogen and oxygen atoms in total. The lowest BCUT2D eigenvalue weighted by atomic mass is 10.1. The molecule has 12 heteroatoms. The second-order valence-corrected chi connectivity index (χ2v) is 10.8. The fourth-order valence-electron chi connectivity index (χ4n) is 3.60. The number of benzene rings is 3. The zero-order valence-corrected chi connectivity index (χ0v) is 24.1. The number of rotatable bonds is 10. The van der Waals surface area contributed by atoms with Crippen LogP contribution in [0, 0.1) is 13.7 Å². The van der Waals surface area contributed by atoms with Crippen molar-refractivity contribution in [1.82, 2.24) is 4.90 Å². The summed E-state index contributed by atoms with van der Waals surface area (Å²) in [5.74, 6) is -0.0129. The molecule has 1 saturated heterocycles. The van der Waals surface area contributed by atoms with Gasteiger partial charge in [0.15, 0.2) is 17.3 Å². The largest absolute Gasteiger partial charge is 0.490 e. The second kappa shape index (κ2) is 12.6. The van der Waals surface area contributed by atoms with Crippen LogP contribution in [0.2, 0.25) is 5.02 Å². The van der Waals surface area contributed by atoms with Crippen LogP contribution in [0.1, 0.15) is 28.4 Å². The third kappa shape index (κ3) is 6.97. The van der Waals surface area contributed by atoms with Crippen molar-refractivity contribution in [1.29, 1.82) is 0 Å². The van der Waals surface area contributed by atoms with Crippen LogP contribution >= 0.6 is 46.0 Å². The lowest BCUT2D eigenvalue weighted by Gasteiger charge is -2.15. The first kappa shape index (κ1) is 28.6. The highest BCUT2D eigenvalue weighted by Crippen LogP contribution is 2.38. The number of carbonyl (C=O) groups excluding carboxylic acids is 3. The van der Waals surface area contributed by atoms with E-state index in [0.717, 1.165) is 22.2 Å². The van der Waals surface area contributed by atoms with Gasteiger partial charge >= 0.3 is 0 Å². The molecule has 39 heavy (non-hydrogen) atoms. The average molecular weight is 679 g/mol. The summed E-state index contributed by atoms with van der Waals surface area (Å²) >= 11 is 8.71. The van der Waals surface area contributed by atoms with Crippen molar-refractivity contribution < 1.29 is 28.8 Å². The maximum atomic E-state index is 13.0. The number of hydrogen-bond donors (Lipinski definition) is 0. The van der Waals surface area contributed by atoms with Crippen molar-refractivity contribution in [2.75, 3.05) is 13.2 Å². The number of nitrogens with zero attached hydrogens (tertiary/aromatic N) is 2. The van der Waals surface area contributed by atoms with Crippen molar-refractivity contribution in [2.24, 2.45) is 0 Å². The summed E-state index contributed by atoms with van der Waals surface area (Å²) in [6.45, 7) is 1.97. The Morgan fingerprint density at radius 3 is 2.44 bits per heavy atom. The Morgan fingerprint density at radius 2 is 1.79 bits per heavy atom. The normalized spacial score (nSPS) is 14.1. The monoisotopic (exact) mass is 678 g/mol. The zero-order valence-electron chi connectivity index (χ0n) is 20.4. The molecule has 3 aromatic carbocycles. The summed E-state index contributed by atoms with van der Waals surface area (Å²) in [5, 5.41) is 10.8. The molecule has 0 spiro atoms. The number of nitro benzene ring substituents is 1. The van der Waals surface area contributed by atoms with Gasteiger partial charge in [0.2, 0.25) is 0 Å². The van der Waals surface area contributed by atoms with E-state index in [9.17, 15) is 24.5 Å². The Balaban J connectivity index is 1.51. The number of Topliss-reactive ketones (excluding diaryl/α,β-unsaturated/α-hetero) is 1. The molecule has 0 aliphatic carbocycles. The van der Waals surface area contributed by atoms with Gasteiger partial charge in [0.1, 0.15) is 6.61 Å². The van der Waals surface area contributed by atoms with Crippen molar-refractivity contribution in [2.45, 2.75) is 13.5 Å². The number of ether oxygens (including phenoxy) is 2. The number of non-ortho nitro benzene ring substituents is 1. The van der Waals surface area contributed by atoms with Gasteiger partial charge in [0, 0.05) is 22.7 Å². The van der Waals surface area contributed by atoms with Gasteiger partial charge in [0.05, 0.1) is 26.6 Å². The Morgan fingerprint density at radius 1 is 1.10 bits per heavy atom. The summed E-state index contributed by atoms with van der Waals surface area (Å²) in [4.78, 5) is 49.6. The van der Waals surface area contributed by atoms with Gasteiger partial charge in [-0.15, -0.1) is 0 Å². The Bertz CT molecular complexity index is 1480. The van der Waals surface area contributed by atoms with Crippen molar-refractivity contribution in [3.05, 3.63) is 101 Å². The van der Waals surface area contributed by atoms with Gasteiger partial charge in [-0.25, -0.2) is 0 Å². The van der Waals surface area contributed by atoms with Gasteiger partial charge in [-0.3, -0.25) is 29.4 Å². The molecule has 200 valence electrons. The molecule has 3 aromatic rings. The van der Waals surface area contributed by atoms with Crippen LogP contribution in [-0.2, 0) is 11.4 Å². The minimum Gasteiger partial charge on any atom is -0.490 e. The topological polar surface area (TPSA) is 116 Å². The number of thioether (sulfide) groups is 1. The van der Waals surface area contributed by atoms with Gasteiger partial charge in [0.25, 0.3) is 16.8 Å². The molecule has 0 bridgehead atoms. The number of hydrogen-bond acceptors (Lipinski definition) is 8. The summed E-state index contributed by atoms with van der Waals surface area (Å²) in [5.41, 5.74) is 1.69. The van der Waals surface area contributed by atoms with E-state index in [2.05, 4.69) is 22.6 Å². The van der Waals surface area contributed by atoms with Crippen LogP contribution in [-0.4, -0.2) is 39.9 Å². The summed E-state index contributed by atoms with van der Waals surface area (Å²) in [7, 11) is 0. The van der Waals surface area contributed by atoms with Gasteiger partial charge in [-0.05, 0) is 107 Å². The molecule has 1 heterocycles. The van der Waals surface area contributed by atoms with Crippen LogP contribution in [0.15, 0.2) is 65.6 Å². The summed E-state index contributed by atoms with van der Waals surface area (Å²) in [6.07, 6.45) is 1.57. The Kier molecular flexibility index (Phi) is 9.25. The van der Waals surface area contributed by atoms with Gasteiger partial charge in [-0.1, -0.05) is 11.6 Å². The highest BCUT2D eigenvalue weighted by molar-refractivity contribution is 14.1. The molecular weight excluding hydrogens is 659 g/mol. The van der Waals surface area contributed by atoms with E-state index < -0.39 is 16.1 Å². The fourth-order valence-corrected chi connectivity index (χ4v) is 5.35. The highest BCUT2D eigenvalue weighted by Gasteiger charge is 2.36. The first-order valence-electron chi connectivity index (χ1n) is 11.5. The minimum atomic E-state index is -0.557. The van der Waals surface area contributed by atoms with Crippen LogP contribution in [0.3, 0.4) is 0 Å². The van der Waals surface area contributed by atoms with E-state index >= 15 is 0 Å². The minimum absolute atomic E-state index is 0.00792. The molecule has 1 aliphatic rings. The number of halogens is 2. The van der Waals surface area contributed by atoms with Crippen LogP contribution in [0.25, 0.3) is 6.08 Å². The molecule has 0 N–H and O–H groups in total.